The van der Waals surface area contributed by atoms with Crippen molar-refractivity contribution in [2.75, 3.05) is 6.61 Å². The van der Waals surface area contributed by atoms with Gasteiger partial charge in [-0.25, -0.2) is 9.97 Å². The number of benzene rings is 1. The molecule has 0 aliphatic rings. The molecular weight excluding hydrogens is 298 g/mol. The number of aliphatic imine (C=N–C) groups is 1. The average molecular weight is 311 g/mol. The summed E-state index contributed by atoms with van der Waals surface area (Å²) in [6, 6.07) is 8.14. The van der Waals surface area contributed by atoms with E-state index in [1.807, 2.05) is 0 Å². The summed E-state index contributed by atoms with van der Waals surface area (Å²) in [6.45, 7) is 2.03. The number of nitrogens with zero attached hydrogens (tertiary/aromatic N) is 5. The van der Waals surface area contributed by atoms with E-state index in [2.05, 4.69) is 15.0 Å². The topological polar surface area (TPSA) is 98.3 Å². The van der Waals surface area contributed by atoms with Gasteiger partial charge in [-0.1, -0.05) is 12.1 Å². The Balaban J connectivity index is 2.21. The Kier molecular flexibility index (Phi) is 3.96. The zero-order valence-electron chi connectivity index (χ0n) is 12.3. The Morgan fingerprint density at radius 2 is 2.04 bits per heavy atom. The maximum atomic E-state index is 12.5. The maximum absolute atomic E-state index is 12.5. The molecule has 3 aromatic rings. The predicted octanol–water partition coefficient (Wildman–Crippen LogP) is 1.81. The lowest BCUT2D eigenvalue weighted by atomic mass is 10.3. The first-order chi connectivity index (χ1) is 11.2. The lowest BCUT2D eigenvalue weighted by molar-refractivity contribution is -0.464. The Morgan fingerprint density at radius 3 is 2.78 bits per heavy atom. The number of fused-ring (bicyclic) bond motifs is 1. The van der Waals surface area contributed by atoms with Crippen molar-refractivity contribution >= 4 is 22.9 Å². The Morgan fingerprint density at radius 1 is 1.30 bits per heavy atom. The van der Waals surface area contributed by atoms with E-state index in [-0.39, 0.29) is 35.2 Å². The largest absolute Gasteiger partial charge is 0.805 e. The fourth-order valence-electron chi connectivity index (χ4n) is 2.07. The molecule has 0 N–H and O–H groups in total. The predicted molar refractivity (Wildman–Crippen MR) is 83.9 cm³/mol. The summed E-state index contributed by atoms with van der Waals surface area (Å²) in [4.78, 5) is 24.2. The van der Waals surface area contributed by atoms with Crippen molar-refractivity contribution in [1.29, 1.82) is 0 Å². The van der Waals surface area contributed by atoms with Crippen molar-refractivity contribution in [1.82, 2.24) is 14.7 Å². The quantitative estimate of drug-likeness (QED) is 0.417. The molecule has 2 heterocycles. The lowest BCUT2D eigenvalue weighted by Gasteiger charge is -2.17. The SMILES string of the molecule is CCOC(=Nc1ncccn1)c1c[n+](=O)c2ccccc2n1[O-]. The van der Waals surface area contributed by atoms with Gasteiger partial charge in [0, 0.05) is 23.4 Å². The van der Waals surface area contributed by atoms with E-state index in [0.717, 1.165) is 6.20 Å². The van der Waals surface area contributed by atoms with E-state index >= 15 is 0 Å². The molecule has 0 fully saturated rings. The highest BCUT2D eigenvalue weighted by atomic mass is 16.5. The van der Waals surface area contributed by atoms with E-state index in [9.17, 15) is 10.1 Å². The molecule has 0 amide bonds. The van der Waals surface area contributed by atoms with Gasteiger partial charge in [-0.3, -0.25) is 0 Å². The van der Waals surface area contributed by atoms with Crippen LogP contribution in [0.2, 0.25) is 0 Å². The monoisotopic (exact) mass is 311 g/mol. The van der Waals surface area contributed by atoms with Crippen molar-refractivity contribution < 1.29 is 9.16 Å². The van der Waals surface area contributed by atoms with Crippen LogP contribution in [0.5, 0.6) is 0 Å². The van der Waals surface area contributed by atoms with E-state index in [1.54, 1.807) is 37.3 Å². The molecule has 23 heavy (non-hydrogen) atoms. The van der Waals surface area contributed by atoms with Crippen LogP contribution in [-0.2, 0) is 4.74 Å². The number of hydrogen-bond donors (Lipinski definition) is 0. The van der Waals surface area contributed by atoms with Crippen molar-refractivity contribution in [3.63, 3.8) is 0 Å². The highest BCUT2D eigenvalue weighted by Gasteiger charge is 2.17. The molecule has 0 radical (unpaired) electrons. The molecule has 8 heteroatoms. The molecule has 0 saturated heterocycles. The van der Waals surface area contributed by atoms with Crippen LogP contribution in [0.4, 0.5) is 5.95 Å². The van der Waals surface area contributed by atoms with Gasteiger partial charge in [0.1, 0.15) is 5.52 Å². The zero-order valence-corrected chi connectivity index (χ0v) is 12.3. The molecule has 1 aromatic carbocycles. The average Bonchev–Trinajstić information content (AvgIpc) is 2.59. The Hall–Kier alpha value is -3.29. The molecule has 0 saturated carbocycles. The third-order valence-electron chi connectivity index (χ3n) is 3.05. The van der Waals surface area contributed by atoms with Gasteiger partial charge in [0.15, 0.2) is 5.69 Å². The van der Waals surface area contributed by atoms with Crippen LogP contribution < -0.4 is 4.43 Å². The molecule has 0 spiro atoms. The standard InChI is InChI=1S/C15H13N5O3/c1-2-23-14(18-15-16-8-5-9-17-15)13-10-19(21)11-6-3-4-7-12(11)20(13)22/h3-10H,2H2,1H3. The molecule has 0 aliphatic heterocycles. The first kappa shape index (κ1) is 14.6. The molecule has 0 atom stereocenters. The van der Waals surface area contributed by atoms with Crippen LogP contribution in [0.15, 0.2) is 53.9 Å². The van der Waals surface area contributed by atoms with Gasteiger partial charge >= 0.3 is 0 Å². The van der Waals surface area contributed by atoms with Gasteiger partial charge in [-0.05, 0) is 19.1 Å². The van der Waals surface area contributed by atoms with Crippen LogP contribution >= 0.6 is 0 Å². The van der Waals surface area contributed by atoms with E-state index in [4.69, 9.17) is 4.74 Å². The van der Waals surface area contributed by atoms with Crippen LogP contribution in [0, 0.1) is 10.1 Å². The minimum Gasteiger partial charge on any atom is -0.805 e. The summed E-state index contributed by atoms with van der Waals surface area (Å²) in [5.41, 5.74) is 0.479. The van der Waals surface area contributed by atoms with Gasteiger partial charge in [0.05, 0.1) is 11.0 Å². The van der Waals surface area contributed by atoms with Crippen LogP contribution in [0.25, 0.3) is 11.0 Å². The zero-order chi connectivity index (χ0) is 16.2. The number of para-hydroxylation sites is 2. The van der Waals surface area contributed by atoms with Crippen molar-refractivity contribution in [2.45, 2.75) is 6.92 Å². The Bertz CT molecular complexity index is 921. The molecule has 2 aromatic heterocycles. The molecule has 0 aliphatic carbocycles. The maximum Gasteiger partial charge on any atom is 0.286 e. The normalized spacial score (nSPS) is 11.6. The second-order valence-electron chi connectivity index (χ2n) is 4.52. The first-order valence-corrected chi connectivity index (χ1v) is 6.94. The summed E-state index contributed by atoms with van der Waals surface area (Å²) < 4.78 is 6.64. The lowest BCUT2D eigenvalue weighted by Crippen LogP contribution is -2.24. The molecule has 0 unspecified atom stereocenters. The number of ether oxygens (including phenoxy) is 1. The highest BCUT2D eigenvalue weighted by molar-refractivity contribution is 5.95. The molecule has 0 bridgehead atoms. The van der Waals surface area contributed by atoms with Crippen LogP contribution in [0.1, 0.15) is 12.6 Å². The second kappa shape index (κ2) is 6.22. The fourth-order valence-corrected chi connectivity index (χ4v) is 2.07. The van der Waals surface area contributed by atoms with Crippen molar-refractivity contribution in [3.05, 3.63) is 64.7 Å². The van der Waals surface area contributed by atoms with Crippen molar-refractivity contribution in [3.8, 4) is 0 Å². The summed E-state index contributed by atoms with van der Waals surface area (Å²) in [7, 11) is 0. The number of hydrogen-bond acceptors (Lipinski definition) is 6. The molecular formula is C15H13N5O3. The third kappa shape index (κ3) is 2.86. The minimum atomic E-state index is -0.0101. The molecule has 3 rings (SSSR count). The fraction of sp³-hybridized carbons (Fsp3) is 0.133. The van der Waals surface area contributed by atoms with Gasteiger partial charge in [-0.2, -0.15) is 4.99 Å². The van der Waals surface area contributed by atoms with E-state index < -0.39 is 0 Å². The smallest absolute Gasteiger partial charge is 0.286 e. The second-order valence-corrected chi connectivity index (χ2v) is 4.52. The van der Waals surface area contributed by atoms with E-state index in [1.165, 1.54) is 12.4 Å². The minimum absolute atomic E-state index is 0.00648. The van der Waals surface area contributed by atoms with Crippen LogP contribution in [0.3, 0.4) is 0 Å². The van der Waals surface area contributed by atoms with Gasteiger partial charge in [0.25, 0.3) is 17.7 Å². The molecule has 8 nitrogen and oxygen atoms in total. The summed E-state index contributed by atoms with van der Waals surface area (Å²) >= 11 is 0. The van der Waals surface area contributed by atoms with Crippen LogP contribution in [-0.4, -0.2) is 27.2 Å². The third-order valence-corrected chi connectivity index (χ3v) is 3.05. The van der Waals surface area contributed by atoms with Gasteiger partial charge < -0.3 is 14.7 Å². The molecule has 116 valence electrons. The van der Waals surface area contributed by atoms with Gasteiger partial charge in [-0.15, -0.1) is 0 Å². The van der Waals surface area contributed by atoms with Crippen molar-refractivity contribution in [2.24, 2.45) is 4.99 Å². The summed E-state index contributed by atoms with van der Waals surface area (Å²) in [5.74, 6) is 0.130. The number of rotatable bonds is 3. The first-order valence-electron chi connectivity index (χ1n) is 6.94. The summed E-state index contributed by atoms with van der Waals surface area (Å²) in [5, 5.41) is 12.5. The highest BCUT2D eigenvalue weighted by Crippen LogP contribution is 2.13. The number of aromatic nitrogens is 4. The van der Waals surface area contributed by atoms with E-state index in [0.29, 0.717) is 9.16 Å². The summed E-state index contributed by atoms with van der Waals surface area (Å²) in [6.07, 6.45) is 4.18. The van der Waals surface area contributed by atoms with Gasteiger partial charge in [0.2, 0.25) is 5.90 Å². The Labute approximate surface area is 130 Å².